The molecule has 1 aromatic heterocycles. The molecule has 336 valence electrons. The number of nitrogens with zero attached hydrogens (tertiary/aromatic N) is 3. The van der Waals surface area contributed by atoms with Crippen LogP contribution in [0.15, 0.2) is 164 Å². The SMILES string of the molecule is CC(C)(C)c1ccc(N2B3c4cccc5c4N(c4ccccc4C5(C)C)c4c3c(cc3sc5ccccc5c43)-c3ccc(N(c4ccc(C(C)(C)C)cc4)c4ccc(C(C)(C)C)cc4)cc32)cc1. The minimum absolute atomic E-state index is 0.0191. The lowest BCUT2D eigenvalue weighted by Gasteiger charge is -2.50. The minimum Gasteiger partial charge on any atom is -0.376 e. The Labute approximate surface area is 407 Å². The van der Waals surface area contributed by atoms with Gasteiger partial charge in [0, 0.05) is 65.3 Å². The molecule has 5 heteroatoms. The summed E-state index contributed by atoms with van der Waals surface area (Å²) in [5.41, 5.74) is 21.5. The van der Waals surface area contributed by atoms with Gasteiger partial charge in [0.1, 0.15) is 0 Å². The molecule has 0 spiro atoms. The highest BCUT2D eigenvalue weighted by Gasteiger charge is 2.50. The Bertz CT molecular complexity index is 3430. The zero-order chi connectivity index (χ0) is 47.2. The van der Waals surface area contributed by atoms with Crippen molar-refractivity contribution in [2.45, 2.75) is 97.8 Å². The third kappa shape index (κ3) is 6.38. The zero-order valence-corrected chi connectivity index (χ0v) is 42.2. The fourth-order valence-corrected chi connectivity index (χ4v) is 12.7. The Morgan fingerprint density at radius 1 is 0.485 bits per heavy atom. The molecule has 0 saturated heterocycles. The van der Waals surface area contributed by atoms with Crippen LogP contribution < -0.4 is 25.5 Å². The summed E-state index contributed by atoms with van der Waals surface area (Å²) in [6.07, 6.45) is 0. The number of hydrogen-bond acceptors (Lipinski definition) is 4. The normalized spacial score (nSPS) is 14.7. The van der Waals surface area contributed by atoms with Gasteiger partial charge >= 0.3 is 6.85 Å². The van der Waals surface area contributed by atoms with Gasteiger partial charge in [0.15, 0.2) is 0 Å². The summed E-state index contributed by atoms with van der Waals surface area (Å²) >= 11 is 1.92. The van der Waals surface area contributed by atoms with E-state index in [-0.39, 0.29) is 28.5 Å². The summed E-state index contributed by atoms with van der Waals surface area (Å²) in [6.45, 7) is 25.4. The first-order valence-corrected chi connectivity index (χ1v) is 25.3. The first-order valence-electron chi connectivity index (χ1n) is 24.5. The molecule has 3 aliphatic heterocycles. The number of thiophene rings is 1. The van der Waals surface area contributed by atoms with Crippen LogP contribution >= 0.6 is 11.3 Å². The lowest BCUT2D eigenvalue weighted by atomic mass is 9.42. The van der Waals surface area contributed by atoms with Crippen molar-refractivity contribution in [2.24, 2.45) is 0 Å². The van der Waals surface area contributed by atoms with E-state index in [0.29, 0.717) is 0 Å². The monoisotopic (exact) mass is 901 g/mol. The number of anilines is 8. The molecule has 0 N–H and O–H groups in total. The van der Waals surface area contributed by atoms with E-state index < -0.39 is 0 Å². The molecule has 9 aromatic rings. The maximum Gasteiger partial charge on any atom is 0.333 e. The molecule has 0 saturated carbocycles. The first kappa shape index (κ1) is 42.8. The number of rotatable bonds is 4. The Morgan fingerprint density at radius 2 is 1.04 bits per heavy atom. The first-order chi connectivity index (χ1) is 32.4. The summed E-state index contributed by atoms with van der Waals surface area (Å²) in [5.74, 6) is 0. The molecule has 0 bridgehead atoms. The van der Waals surface area contributed by atoms with Crippen molar-refractivity contribution in [1.82, 2.24) is 0 Å². The number of fused-ring (bicyclic) bond motifs is 10. The van der Waals surface area contributed by atoms with Gasteiger partial charge in [-0.3, -0.25) is 0 Å². The van der Waals surface area contributed by atoms with Crippen LogP contribution in [0.1, 0.15) is 104 Å². The van der Waals surface area contributed by atoms with Gasteiger partial charge in [-0.05, 0) is 127 Å². The second-order valence-electron chi connectivity index (χ2n) is 23.1. The molecule has 3 nitrogen and oxygen atoms in total. The Hall–Kier alpha value is -6.56. The van der Waals surface area contributed by atoms with Crippen LogP contribution in [-0.2, 0) is 21.7 Å². The average molecular weight is 902 g/mol. The largest absolute Gasteiger partial charge is 0.376 e. The molecule has 4 heterocycles. The third-order valence-electron chi connectivity index (χ3n) is 15.3. The molecule has 68 heavy (non-hydrogen) atoms. The Kier molecular flexibility index (Phi) is 9.26. The summed E-state index contributed by atoms with van der Waals surface area (Å²) < 4.78 is 2.64. The predicted octanol–water partition coefficient (Wildman–Crippen LogP) is 16.8. The van der Waals surface area contributed by atoms with Gasteiger partial charge in [-0.15, -0.1) is 11.3 Å². The zero-order valence-electron chi connectivity index (χ0n) is 41.4. The third-order valence-corrected chi connectivity index (χ3v) is 16.4. The Morgan fingerprint density at radius 3 is 1.68 bits per heavy atom. The molecule has 0 radical (unpaired) electrons. The van der Waals surface area contributed by atoms with Crippen molar-refractivity contribution < 1.29 is 0 Å². The molecule has 0 fully saturated rings. The van der Waals surface area contributed by atoms with Crippen LogP contribution in [0.5, 0.6) is 0 Å². The van der Waals surface area contributed by atoms with Crippen molar-refractivity contribution in [3.8, 4) is 11.1 Å². The summed E-state index contributed by atoms with van der Waals surface area (Å²) in [7, 11) is 0. The summed E-state index contributed by atoms with van der Waals surface area (Å²) in [5, 5.41) is 2.66. The predicted molar refractivity (Wildman–Crippen MR) is 296 cm³/mol. The average Bonchev–Trinajstić information content (AvgIpc) is 3.69. The highest BCUT2D eigenvalue weighted by Crippen LogP contribution is 2.58. The molecule has 0 aliphatic carbocycles. The highest BCUT2D eigenvalue weighted by atomic mass is 32.1. The van der Waals surface area contributed by atoms with Gasteiger partial charge in [0.2, 0.25) is 0 Å². The van der Waals surface area contributed by atoms with E-state index in [0.717, 1.165) is 17.1 Å². The lowest BCUT2D eigenvalue weighted by molar-refractivity contribution is 0.590. The van der Waals surface area contributed by atoms with Crippen molar-refractivity contribution >= 4 is 94.8 Å². The highest BCUT2D eigenvalue weighted by molar-refractivity contribution is 7.26. The van der Waals surface area contributed by atoms with Crippen molar-refractivity contribution in [3.05, 3.63) is 192 Å². The van der Waals surface area contributed by atoms with E-state index in [9.17, 15) is 0 Å². The van der Waals surface area contributed by atoms with Crippen LogP contribution in [0.25, 0.3) is 31.3 Å². The van der Waals surface area contributed by atoms with E-state index in [1.165, 1.54) is 98.5 Å². The molecule has 12 rings (SSSR count). The summed E-state index contributed by atoms with van der Waals surface area (Å²) in [6, 6.07) is 63.2. The standard InChI is InChI=1S/C63H60BN3S/c1-60(2,3)39-23-29-42(30-24-39)65(43-31-25-40(26-32-43)61(4,5)6)45-35-36-46-48-38-55-56(47-17-12-15-22-54(47)68-55)59-57(48)64(67(53(46)37-45)44-33-27-41(28-34-44)62(7,8)9)51-20-16-19-50-58(51)66(59)52-21-14-13-18-49(52)63(50,10)11/h12-38H,1-11H3. The van der Waals surface area contributed by atoms with Gasteiger partial charge in [-0.1, -0.05) is 173 Å². The van der Waals surface area contributed by atoms with E-state index in [4.69, 9.17) is 0 Å². The smallest absolute Gasteiger partial charge is 0.333 e. The van der Waals surface area contributed by atoms with Crippen LogP contribution in [0.3, 0.4) is 0 Å². The van der Waals surface area contributed by atoms with Gasteiger partial charge in [-0.2, -0.15) is 0 Å². The molecule has 8 aromatic carbocycles. The number of para-hydroxylation sites is 2. The maximum atomic E-state index is 2.70. The van der Waals surface area contributed by atoms with Crippen molar-refractivity contribution in [3.63, 3.8) is 0 Å². The molecular formula is C63H60BN3S. The second kappa shape index (κ2) is 14.7. The van der Waals surface area contributed by atoms with E-state index >= 15 is 0 Å². The fourth-order valence-electron chi connectivity index (χ4n) is 11.6. The van der Waals surface area contributed by atoms with Crippen LogP contribution in [-0.4, -0.2) is 6.85 Å². The van der Waals surface area contributed by atoms with Crippen LogP contribution in [0.4, 0.5) is 45.5 Å². The molecule has 0 atom stereocenters. The number of hydrogen-bond donors (Lipinski definition) is 0. The minimum atomic E-state index is -0.214. The van der Waals surface area contributed by atoms with Crippen molar-refractivity contribution in [2.75, 3.05) is 14.6 Å². The van der Waals surface area contributed by atoms with Crippen LogP contribution in [0, 0.1) is 0 Å². The van der Waals surface area contributed by atoms with Gasteiger partial charge in [0.05, 0.1) is 11.4 Å². The number of benzene rings is 8. The molecule has 0 unspecified atom stereocenters. The molecule has 0 amide bonds. The van der Waals surface area contributed by atoms with Crippen LogP contribution in [0.2, 0.25) is 0 Å². The van der Waals surface area contributed by atoms with Gasteiger partial charge in [0.25, 0.3) is 0 Å². The quantitative estimate of drug-likeness (QED) is 0.163. The van der Waals surface area contributed by atoms with Gasteiger partial charge in [-0.25, -0.2) is 0 Å². The fraction of sp³-hybridized carbons (Fsp3) is 0.238. The maximum absolute atomic E-state index is 2.70. The summed E-state index contributed by atoms with van der Waals surface area (Å²) in [4.78, 5) is 7.83. The molecule has 3 aliphatic rings. The van der Waals surface area contributed by atoms with Gasteiger partial charge < -0.3 is 14.6 Å². The lowest BCUT2D eigenvalue weighted by Crippen LogP contribution is -2.62. The van der Waals surface area contributed by atoms with E-state index in [1.807, 2.05) is 11.3 Å². The topological polar surface area (TPSA) is 9.72 Å². The Balaban J connectivity index is 1.18. The van der Waals surface area contributed by atoms with Crippen molar-refractivity contribution in [1.29, 1.82) is 0 Å². The van der Waals surface area contributed by atoms with E-state index in [1.54, 1.807) is 0 Å². The molecular weight excluding hydrogens is 842 g/mol. The van der Waals surface area contributed by atoms with E-state index in [2.05, 4.69) is 255 Å². The second-order valence-corrected chi connectivity index (χ2v) is 24.2.